The Hall–Kier alpha value is -0.830. The van der Waals surface area contributed by atoms with Gasteiger partial charge in [0.05, 0.1) is 0 Å². The Labute approximate surface area is 79.9 Å². The average molecular weight is 181 g/mol. The fourth-order valence-electron chi connectivity index (χ4n) is 1.66. The van der Waals surface area contributed by atoms with E-state index in [4.69, 9.17) is 5.73 Å². The molecule has 0 saturated heterocycles. The van der Waals surface area contributed by atoms with E-state index in [2.05, 4.69) is 31.9 Å². The molecule has 74 valence electrons. The van der Waals surface area contributed by atoms with Gasteiger partial charge in [-0.3, -0.25) is 4.68 Å². The largest absolute Gasteiger partial charge is 0.330 e. The number of aromatic nitrogens is 2. The Morgan fingerprint density at radius 2 is 2.23 bits per heavy atom. The maximum atomic E-state index is 5.75. The molecule has 0 fully saturated rings. The quantitative estimate of drug-likeness (QED) is 0.766. The molecule has 1 aromatic rings. The first-order chi connectivity index (χ1) is 6.20. The zero-order valence-corrected chi connectivity index (χ0v) is 8.70. The van der Waals surface area contributed by atoms with Gasteiger partial charge in [0, 0.05) is 30.9 Å². The lowest BCUT2D eigenvalue weighted by atomic mass is 9.92. The van der Waals surface area contributed by atoms with Crippen molar-refractivity contribution < 1.29 is 0 Å². The summed E-state index contributed by atoms with van der Waals surface area (Å²) in [4.78, 5) is 0. The predicted molar refractivity (Wildman–Crippen MR) is 54.5 cm³/mol. The molecule has 0 spiro atoms. The number of nitrogens with two attached hydrogens (primary N) is 1. The van der Waals surface area contributed by atoms with Crippen molar-refractivity contribution in [3.05, 3.63) is 18.0 Å². The molecule has 3 heteroatoms. The standard InChI is InChI=1S/C10H19N3/c1-4-13-10(5-6-12-13)9(7-11)8(2)3/h5-6,8-9H,4,7,11H2,1-3H3. The van der Waals surface area contributed by atoms with Crippen LogP contribution in [0.15, 0.2) is 12.3 Å². The fourth-order valence-corrected chi connectivity index (χ4v) is 1.66. The van der Waals surface area contributed by atoms with Crippen molar-refractivity contribution in [1.82, 2.24) is 9.78 Å². The minimum absolute atomic E-state index is 0.433. The number of rotatable bonds is 4. The predicted octanol–water partition coefficient (Wildman–Crippen LogP) is 1.60. The molecule has 1 atom stereocenters. The van der Waals surface area contributed by atoms with Crippen molar-refractivity contribution in [2.24, 2.45) is 11.7 Å². The number of hydrogen-bond acceptors (Lipinski definition) is 2. The van der Waals surface area contributed by atoms with Gasteiger partial charge in [-0.05, 0) is 18.9 Å². The van der Waals surface area contributed by atoms with Crippen molar-refractivity contribution >= 4 is 0 Å². The molecule has 0 aliphatic heterocycles. The lowest BCUT2D eigenvalue weighted by molar-refractivity contribution is 0.462. The monoisotopic (exact) mass is 181 g/mol. The first kappa shape index (κ1) is 10.3. The van der Waals surface area contributed by atoms with E-state index >= 15 is 0 Å². The minimum atomic E-state index is 0.433. The zero-order valence-electron chi connectivity index (χ0n) is 8.70. The molecule has 0 aliphatic rings. The van der Waals surface area contributed by atoms with Crippen LogP contribution in [0, 0.1) is 5.92 Å². The molecule has 1 aromatic heterocycles. The van der Waals surface area contributed by atoms with Crippen molar-refractivity contribution in [3.63, 3.8) is 0 Å². The van der Waals surface area contributed by atoms with E-state index < -0.39 is 0 Å². The fraction of sp³-hybridized carbons (Fsp3) is 0.700. The van der Waals surface area contributed by atoms with Crippen LogP contribution in [0.5, 0.6) is 0 Å². The second kappa shape index (κ2) is 4.42. The van der Waals surface area contributed by atoms with Crippen molar-refractivity contribution in [1.29, 1.82) is 0 Å². The lowest BCUT2D eigenvalue weighted by Crippen LogP contribution is -2.21. The Balaban J connectivity index is 2.90. The summed E-state index contributed by atoms with van der Waals surface area (Å²) in [5, 5.41) is 4.25. The van der Waals surface area contributed by atoms with Gasteiger partial charge in [-0.2, -0.15) is 5.10 Å². The van der Waals surface area contributed by atoms with Gasteiger partial charge in [0.15, 0.2) is 0 Å². The maximum Gasteiger partial charge on any atom is 0.0492 e. The Morgan fingerprint density at radius 1 is 1.54 bits per heavy atom. The molecule has 1 rings (SSSR count). The maximum absolute atomic E-state index is 5.75. The molecular weight excluding hydrogens is 162 g/mol. The van der Waals surface area contributed by atoms with Gasteiger partial charge in [0.25, 0.3) is 0 Å². The van der Waals surface area contributed by atoms with Gasteiger partial charge in [0.1, 0.15) is 0 Å². The van der Waals surface area contributed by atoms with Crippen LogP contribution in [-0.2, 0) is 6.54 Å². The van der Waals surface area contributed by atoms with Crippen LogP contribution in [-0.4, -0.2) is 16.3 Å². The van der Waals surface area contributed by atoms with Crippen molar-refractivity contribution in [2.75, 3.05) is 6.54 Å². The Bertz CT molecular complexity index is 252. The minimum Gasteiger partial charge on any atom is -0.330 e. The molecule has 0 saturated carbocycles. The zero-order chi connectivity index (χ0) is 9.84. The summed E-state index contributed by atoms with van der Waals surface area (Å²) in [6, 6.07) is 2.07. The highest BCUT2D eigenvalue weighted by Gasteiger charge is 2.17. The second-order valence-electron chi connectivity index (χ2n) is 3.66. The van der Waals surface area contributed by atoms with E-state index in [1.807, 2.05) is 10.9 Å². The molecule has 0 aromatic carbocycles. The Morgan fingerprint density at radius 3 is 2.69 bits per heavy atom. The van der Waals surface area contributed by atoms with Gasteiger partial charge in [-0.1, -0.05) is 13.8 Å². The van der Waals surface area contributed by atoms with Crippen LogP contribution in [0.2, 0.25) is 0 Å². The molecule has 1 heterocycles. The molecule has 0 amide bonds. The molecule has 0 radical (unpaired) electrons. The molecule has 1 unspecified atom stereocenters. The number of hydrogen-bond donors (Lipinski definition) is 1. The van der Waals surface area contributed by atoms with Gasteiger partial charge >= 0.3 is 0 Å². The normalized spacial score (nSPS) is 13.6. The van der Waals surface area contributed by atoms with E-state index in [1.165, 1.54) is 5.69 Å². The molecule has 0 aliphatic carbocycles. The highest BCUT2D eigenvalue weighted by molar-refractivity contribution is 5.09. The summed E-state index contributed by atoms with van der Waals surface area (Å²) in [5.74, 6) is 1.01. The van der Waals surface area contributed by atoms with Crippen molar-refractivity contribution in [3.8, 4) is 0 Å². The SMILES string of the molecule is CCn1nccc1C(CN)C(C)C. The van der Waals surface area contributed by atoms with Gasteiger partial charge in [-0.15, -0.1) is 0 Å². The molecule has 0 bridgehead atoms. The van der Waals surface area contributed by atoms with E-state index in [0.29, 0.717) is 18.4 Å². The molecule has 3 nitrogen and oxygen atoms in total. The molecule has 2 N–H and O–H groups in total. The summed E-state index contributed by atoms with van der Waals surface area (Å²) in [5.41, 5.74) is 7.01. The first-order valence-corrected chi connectivity index (χ1v) is 4.92. The average Bonchev–Trinajstić information content (AvgIpc) is 2.53. The highest BCUT2D eigenvalue weighted by Crippen LogP contribution is 2.22. The smallest absolute Gasteiger partial charge is 0.0492 e. The number of aryl methyl sites for hydroxylation is 1. The summed E-state index contributed by atoms with van der Waals surface area (Å²) in [6.45, 7) is 8.12. The summed E-state index contributed by atoms with van der Waals surface area (Å²) in [7, 11) is 0. The van der Waals surface area contributed by atoms with Crippen LogP contribution in [0.3, 0.4) is 0 Å². The van der Waals surface area contributed by atoms with Gasteiger partial charge in [-0.25, -0.2) is 0 Å². The van der Waals surface area contributed by atoms with Crippen LogP contribution < -0.4 is 5.73 Å². The third-order valence-electron chi connectivity index (χ3n) is 2.49. The highest BCUT2D eigenvalue weighted by atomic mass is 15.3. The summed E-state index contributed by atoms with van der Waals surface area (Å²) in [6.07, 6.45) is 1.85. The van der Waals surface area contributed by atoms with E-state index in [0.717, 1.165) is 6.54 Å². The van der Waals surface area contributed by atoms with Crippen LogP contribution in [0.1, 0.15) is 32.4 Å². The Kier molecular flexibility index (Phi) is 3.48. The first-order valence-electron chi connectivity index (χ1n) is 4.92. The van der Waals surface area contributed by atoms with E-state index in [9.17, 15) is 0 Å². The third kappa shape index (κ3) is 2.10. The summed E-state index contributed by atoms with van der Waals surface area (Å²) >= 11 is 0. The van der Waals surface area contributed by atoms with Crippen LogP contribution in [0.25, 0.3) is 0 Å². The second-order valence-corrected chi connectivity index (χ2v) is 3.66. The lowest BCUT2D eigenvalue weighted by Gasteiger charge is -2.19. The van der Waals surface area contributed by atoms with Crippen LogP contribution in [0.4, 0.5) is 0 Å². The van der Waals surface area contributed by atoms with E-state index in [-0.39, 0.29) is 0 Å². The van der Waals surface area contributed by atoms with Crippen LogP contribution >= 0.6 is 0 Å². The molecular formula is C10H19N3. The van der Waals surface area contributed by atoms with Gasteiger partial charge < -0.3 is 5.73 Å². The molecule has 13 heavy (non-hydrogen) atoms. The van der Waals surface area contributed by atoms with E-state index in [1.54, 1.807) is 0 Å². The summed E-state index contributed by atoms with van der Waals surface area (Å²) < 4.78 is 2.03. The number of nitrogens with zero attached hydrogens (tertiary/aromatic N) is 2. The van der Waals surface area contributed by atoms with Crippen molar-refractivity contribution in [2.45, 2.75) is 33.2 Å². The topological polar surface area (TPSA) is 43.8 Å². The van der Waals surface area contributed by atoms with Gasteiger partial charge in [0.2, 0.25) is 0 Å². The third-order valence-corrected chi connectivity index (χ3v) is 2.49.